The molecule has 0 amide bonds. The summed E-state index contributed by atoms with van der Waals surface area (Å²) in [6.07, 6.45) is 5.45. The van der Waals surface area contributed by atoms with E-state index in [1.165, 1.54) is 50.9 Å². The normalized spacial score (nSPS) is 17.2. The van der Waals surface area contributed by atoms with Crippen LogP contribution in [0, 0.1) is 13.8 Å². The minimum absolute atomic E-state index is 0.934. The minimum atomic E-state index is 0.934. The van der Waals surface area contributed by atoms with Gasteiger partial charge in [-0.3, -0.25) is 0 Å². The van der Waals surface area contributed by atoms with Gasteiger partial charge in [0.2, 0.25) is 0 Å². The van der Waals surface area contributed by atoms with Crippen LogP contribution in [0.25, 0.3) is 0 Å². The van der Waals surface area contributed by atoms with Gasteiger partial charge in [-0.15, -0.1) is 0 Å². The van der Waals surface area contributed by atoms with Gasteiger partial charge in [-0.05, 0) is 65.4 Å². The molecule has 1 aliphatic heterocycles. The van der Waals surface area contributed by atoms with Gasteiger partial charge in [0.05, 0.1) is 0 Å². The van der Waals surface area contributed by atoms with Crippen molar-refractivity contribution in [2.24, 2.45) is 0 Å². The van der Waals surface area contributed by atoms with Gasteiger partial charge >= 0.3 is 0 Å². The third-order valence-electron chi connectivity index (χ3n) is 3.74. The molecule has 2 rings (SSSR count). The van der Waals surface area contributed by atoms with E-state index in [0.29, 0.717) is 0 Å². The lowest BCUT2D eigenvalue weighted by Crippen LogP contribution is -2.32. The Balaban J connectivity index is 1.57. The van der Waals surface area contributed by atoms with Crippen LogP contribution in [0.2, 0.25) is 0 Å². The van der Waals surface area contributed by atoms with E-state index in [2.05, 4.69) is 16.3 Å². The van der Waals surface area contributed by atoms with E-state index in [9.17, 15) is 0 Å². The van der Waals surface area contributed by atoms with E-state index in [1.807, 2.05) is 13.8 Å². The summed E-state index contributed by atoms with van der Waals surface area (Å²) >= 11 is 0. The molecule has 0 aliphatic carbocycles. The molecule has 0 saturated carbocycles. The van der Waals surface area contributed by atoms with Crippen LogP contribution >= 0.6 is 0 Å². The van der Waals surface area contributed by atoms with Crippen molar-refractivity contribution in [3.63, 3.8) is 0 Å². The number of nitrogens with one attached hydrogen (secondary N) is 1. The van der Waals surface area contributed by atoms with Crippen LogP contribution in [0.5, 0.6) is 0 Å². The lowest BCUT2D eigenvalue weighted by molar-refractivity contribution is 0.225. The fourth-order valence-corrected chi connectivity index (χ4v) is 2.69. The number of piperidine rings is 1. The van der Waals surface area contributed by atoms with Crippen molar-refractivity contribution < 1.29 is 4.42 Å². The molecule has 1 aromatic heterocycles. The highest BCUT2D eigenvalue weighted by Gasteiger charge is 2.09. The molecule has 0 aromatic carbocycles. The fraction of sp³-hybridized carbons (Fsp3) is 0.733. The van der Waals surface area contributed by atoms with Crippen molar-refractivity contribution in [3.8, 4) is 0 Å². The van der Waals surface area contributed by atoms with Crippen molar-refractivity contribution in [2.75, 3.05) is 26.2 Å². The van der Waals surface area contributed by atoms with Crippen LogP contribution in [0.1, 0.15) is 42.8 Å². The number of aryl methyl sites for hydroxylation is 2. The molecule has 2 heterocycles. The maximum atomic E-state index is 5.52. The van der Waals surface area contributed by atoms with Gasteiger partial charge in [-0.1, -0.05) is 6.42 Å². The fourth-order valence-electron chi connectivity index (χ4n) is 2.69. The van der Waals surface area contributed by atoms with Crippen molar-refractivity contribution in [3.05, 3.63) is 23.2 Å². The first-order chi connectivity index (χ1) is 8.75. The van der Waals surface area contributed by atoms with E-state index in [4.69, 9.17) is 4.42 Å². The molecule has 102 valence electrons. The van der Waals surface area contributed by atoms with Crippen LogP contribution in [0.4, 0.5) is 0 Å². The molecular formula is C15H26N2O. The molecule has 3 nitrogen and oxygen atoms in total. The summed E-state index contributed by atoms with van der Waals surface area (Å²) in [7, 11) is 0. The number of hydrogen-bond donors (Lipinski definition) is 1. The van der Waals surface area contributed by atoms with Gasteiger partial charge in [0.1, 0.15) is 11.5 Å². The third kappa shape index (κ3) is 4.14. The molecule has 1 saturated heterocycles. The molecule has 0 unspecified atom stereocenters. The Hall–Kier alpha value is -0.800. The van der Waals surface area contributed by atoms with Crippen LogP contribution in [-0.4, -0.2) is 31.1 Å². The molecule has 18 heavy (non-hydrogen) atoms. The summed E-state index contributed by atoms with van der Waals surface area (Å²) in [5, 5.41) is 3.51. The summed E-state index contributed by atoms with van der Waals surface area (Å²) in [5.41, 5.74) is 1.30. The zero-order valence-electron chi connectivity index (χ0n) is 11.8. The highest BCUT2D eigenvalue weighted by molar-refractivity contribution is 5.19. The van der Waals surface area contributed by atoms with Gasteiger partial charge in [-0.2, -0.15) is 0 Å². The number of furan rings is 1. The summed E-state index contributed by atoms with van der Waals surface area (Å²) in [6.45, 7) is 9.93. The Kier molecular flexibility index (Phi) is 5.26. The van der Waals surface area contributed by atoms with Crippen LogP contribution in [0.15, 0.2) is 10.5 Å². The lowest BCUT2D eigenvalue weighted by Gasteiger charge is -2.26. The molecule has 0 radical (unpaired) electrons. The predicted octanol–water partition coefficient (Wildman–Crippen LogP) is 2.86. The van der Waals surface area contributed by atoms with Crippen LogP contribution in [-0.2, 0) is 6.54 Å². The zero-order chi connectivity index (χ0) is 12.8. The van der Waals surface area contributed by atoms with Gasteiger partial charge in [0.15, 0.2) is 0 Å². The number of likely N-dealkylation sites (tertiary alicyclic amines) is 1. The highest BCUT2D eigenvalue weighted by atomic mass is 16.3. The molecule has 1 fully saturated rings. The van der Waals surface area contributed by atoms with Crippen molar-refractivity contribution in [1.82, 2.24) is 10.2 Å². The molecule has 1 aromatic rings. The monoisotopic (exact) mass is 250 g/mol. The van der Waals surface area contributed by atoms with E-state index in [1.54, 1.807) is 0 Å². The molecule has 0 bridgehead atoms. The number of rotatable bonds is 6. The maximum Gasteiger partial charge on any atom is 0.105 e. The molecule has 0 atom stereocenters. The van der Waals surface area contributed by atoms with Crippen molar-refractivity contribution in [1.29, 1.82) is 0 Å². The van der Waals surface area contributed by atoms with Crippen molar-refractivity contribution in [2.45, 2.75) is 46.1 Å². The van der Waals surface area contributed by atoms with E-state index >= 15 is 0 Å². The molecule has 1 aliphatic rings. The Morgan fingerprint density at radius 3 is 2.67 bits per heavy atom. The Morgan fingerprint density at radius 1 is 1.22 bits per heavy atom. The average molecular weight is 250 g/mol. The first-order valence-electron chi connectivity index (χ1n) is 7.24. The Bertz CT molecular complexity index is 353. The first-order valence-corrected chi connectivity index (χ1v) is 7.24. The summed E-state index contributed by atoms with van der Waals surface area (Å²) in [6, 6.07) is 2.13. The predicted molar refractivity (Wildman–Crippen MR) is 74.8 cm³/mol. The quantitative estimate of drug-likeness (QED) is 0.787. The van der Waals surface area contributed by atoms with Crippen molar-refractivity contribution >= 4 is 0 Å². The summed E-state index contributed by atoms with van der Waals surface area (Å²) < 4.78 is 5.52. The Morgan fingerprint density at radius 2 is 2.00 bits per heavy atom. The minimum Gasteiger partial charge on any atom is -0.466 e. The Labute approximate surface area is 111 Å². The second-order valence-electron chi connectivity index (χ2n) is 5.37. The largest absolute Gasteiger partial charge is 0.466 e. The third-order valence-corrected chi connectivity index (χ3v) is 3.74. The van der Waals surface area contributed by atoms with Gasteiger partial charge in [-0.25, -0.2) is 0 Å². The molecule has 1 N–H and O–H groups in total. The second-order valence-corrected chi connectivity index (χ2v) is 5.37. The summed E-state index contributed by atoms with van der Waals surface area (Å²) in [5.74, 6) is 2.06. The van der Waals surface area contributed by atoms with Crippen LogP contribution in [0.3, 0.4) is 0 Å². The molecular weight excluding hydrogens is 224 g/mol. The zero-order valence-corrected chi connectivity index (χ0v) is 11.8. The first kappa shape index (κ1) is 13.6. The van der Waals surface area contributed by atoms with E-state index < -0.39 is 0 Å². The summed E-state index contributed by atoms with van der Waals surface area (Å²) in [4.78, 5) is 2.60. The highest BCUT2D eigenvalue weighted by Crippen LogP contribution is 2.13. The molecule has 3 heteroatoms. The number of nitrogens with zero attached hydrogens (tertiary/aromatic N) is 1. The standard InChI is InChI=1S/C15H26N2O/c1-13-11-15(14(2)18-13)12-16-7-6-10-17-8-4-3-5-9-17/h11,16H,3-10,12H2,1-2H3. The number of hydrogen-bond acceptors (Lipinski definition) is 3. The van der Waals surface area contributed by atoms with E-state index in [-0.39, 0.29) is 0 Å². The molecule has 0 spiro atoms. The van der Waals surface area contributed by atoms with Gasteiger partial charge in [0, 0.05) is 12.1 Å². The van der Waals surface area contributed by atoms with Gasteiger partial charge in [0.25, 0.3) is 0 Å². The topological polar surface area (TPSA) is 28.4 Å². The second kappa shape index (κ2) is 6.95. The van der Waals surface area contributed by atoms with Crippen LogP contribution < -0.4 is 5.32 Å². The average Bonchev–Trinajstić information content (AvgIpc) is 2.69. The SMILES string of the molecule is Cc1cc(CNCCCN2CCCCC2)c(C)o1. The lowest BCUT2D eigenvalue weighted by atomic mass is 10.1. The smallest absolute Gasteiger partial charge is 0.105 e. The van der Waals surface area contributed by atoms with Gasteiger partial charge < -0.3 is 14.6 Å². The maximum absolute atomic E-state index is 5.52. The van der Waals surface area contributed by atoms with E-state index in [0.717, 1.165) is 24.6 Å².